The van der Waals surface area contributed by atoms with Gasteiger partial charge in [-0.05, 0) is 30.3 Å². The van der Waals surface area contributed by atoms with Gasteiger partial charge in [0.15, 0.2) is 0 Å². The second-order valence-corrected chi connectivity index (χ2v) is 5.00. The maximum Gasteiger partial charge on any atom is 0.513 e. The summed E-state index contributed by atoms with van der Waals surface area (Å²) in [6.45, 7) is 1.57. The summed E-state index contributed by atoms with van der Waals surface area (Å²) < 4.78 is 15.2. The largest absolute Gasteiger partial charge is 0.513 e. The number of benzene rings is 2. The van der Waals surface area contributed by atoms with Crippen LogP contribution in [0.4, 0.5) is 10.5 Å². The van der Waals surface area contributed by atoms with E-state index in [1.807, 2.05) is 30.3 Å². The molecular weight excluding hydrogens is 318 g/mol. The quantitative estimate of drug-likeness (QED) is 0.449. The van der Waals surface area contributed by atoms with E-state index in [1.165, 1.54) is 0 Å². The molecule has 2 aromatic carbocycles. The van der Waals surface area contributed by atoms with E-state index in [0.29, 0.717) is 30.5 Å². The summed E-state index contributed by atoms with van der Waals surface area (Å²) in [5, 5.41) is 3.86. The number of ether oxygens (including phenoxy) is 3. The number of para-hydroxylation sites is 1. The van der Waals surface area contributed by atoms with Crippen molar-refractivity contribution >= 4 is 23.4 Å². The number of carbonyl (C=O) groups excluding carboxylic acids is 1. The minimum atomic E-state index is -0.739. The van der Waals surface area contributed by atoms with Crippen molar-refractivity contribution in [2.75, 3.05) is 31.7 Å². The molecule has 0 heterocycles. The van der Waals surface area contributed by atoms with Gasteiger partial charge in [0.1, 0.15) is 12.4 Å². The van der Waals surface area contributed by atoms with Gasteiger partial charge in [0.05, 0.1) is 13.2 Å². The summed E-state index contributed by atoms with van der Waals surface area (Å²) in [5.41, 5.74) is 0.934. The maximum absolute atomic E-state index is 11.4. The predicted molar refractivity (Wildman–Crippen MR) is 89.2 cm³/mol. The zero-order chi connectivity index (χ0) is 16.3. The molecule has 0 radical (unpaired) electrons. The number of anilines is 1. The summed E-state index contributed by atoms with van der Waals surface area (Å²) in [6.07, 6.45) is -0.739. The summed E-state index contributed by atoms with van der Waals surface area (Å²) in [7, 11) is 0. The fourth-order valence-electron chi connectivity index (χ4n) is 1.77. The number of rotatable bonds is 8. The summed E-state index contributed by atoms with van der Waals surface area (Å²) >= 11 is 5.88. The maximum atomic E-state index is 11.4. The highest BCUT2D eigenvalue weighted by Gasteiger charge is 2.04. The van der Waals surface area contributed by atoms with Crippen LogP contribution in [-0.4, -0.2) is 32.5 Å². The van der Waals surface area contributed by atoms with E-state index in [2.05, 4.69) is 5.32 Å². The highest BCUT2D eigenvalue weighted by Crippen LogP contribution is 2.14. The molecule has 0 saturated carbocycles. The SMILES string of the molecule is O=C(OCCOCCNc1cccc(Cl)c1)Oc1ccccc1. The molecule has 6 heteroatoms. The second-order valence-electron chi connectivity index (χ2n) is 4.56. The van der Waals surface area contributed by atoms with Crippen molar-refractivity contribution in [3.63, 3.8) is 0 Å². The topological polar surface area (TPSA) is 56.8 Å². The zero-order valence-corrected chi connectivity index (χ0v) is 13.3. The number of halogens is 1. The molecule has 122 valence electrons. The third-order valence-corrected chi connectivity index (χ3v) is 3.03. The Labute approximate surface area is 140 Å². The van der Waals surface area contributed by atoms with Crippen LogP contribution >= 0.6 is 11.6 Å². The van der Waals surface area contributed by atoms with Crippen LogP contribution in [0, 0.1) is 0 Å². The van der Waals surface area contributed by atoms with Gasteiger partial charge in [-0.1, -0.05) is 35.9 Å². The Kier molecular flexibility index (Phi) is 7.23. The van der Waals surface area contributed by atoms with Crippen LogP contribution in [0.2, 0.25) is 5.02 Å². The van der Waals surface area contributed by atoms with E-state index >= 15 is 0 Å². The Hall–Kier alpha value is -2.24. The van der Waals surface area contributed by atoms with E-state index in [1.54, 1.807) is 24.3 Å². The van der Waals surface area contributed by atoms with Gasteiger partial charge in [-0.2, -0.15) is 0 Å². The molecule has 0 unspecified atom stereocenters. The molecule has 0 aliphatic rings. The van der Waals surface area contributed by atoms with E-state index in [4.69, 9.17) is 25.8 Å². The number of hydrogen-bond donors (Lipinski definition) is 1. The van der Waals surface area contributed by atoms with Crippen LogP contribution in [0.15, 0.2) is 54.6 Å². The van der Waals surface area contributed by atoms with Crippen LogP contribution in [-0.2, 0) is 9.47 Å². The molecule has 0 aromatic heterocycles. The van der Waals surface area contributed by atoms with E-state index < -0.39 is 6.16 Å². The highest BCUT2D eigenvalue weighted by molar-refractivity contribution is 6.30. The Morgan fingerprint density at radius 1 is 1.00 bits per heavy atom. The second kappa shape index (κ2) is 9.71. The summed E-state index contributed by atoms with van der Waals surface area (Å²) in [5.74, 6) is 0.448. The molecule has 0 spiro atoms. The first kappa shape index (κ1) is 17.1. The molecular formula is C17H18ClNO4. The molecule has 0 amide bonds. The lowest BCUT2D eigenvalue weighted by atomic mass is 10.3. The summed E-state index contributed by atoms with van der Waals surface area (Å²) in [6, 6.07) is 16.2. The standard InChI is InChI=1S/C17H18ClNO4/c18-14-5-4-6-15(13-14)19-9-10-21-11-12-22-17(20)23-16-7-2-1-3-8-16/h1-8,13,19H,9-12H2. The zero-order valence-electron chi connectivity index (χ0n) is 12.5. The predicted octanol–water partition coefficient (Wildman–Crippen LogP) is 3.98. The number of hydrogen-bond acceptors (Lipinski definition) is 5. The molecule has 1 N–H and O–H groups in total. The third kappa shape index (κ3) is 7.04. The van der Waals surface area contributed by atoms with Gasteiger partial charge in [-0.3, -0.25) is 0 Å². The molecule has 0 atom stereocenters. The first-order chi connectivity index (χ1) is 11.2. The molecule has 0 aliphatic carbocycles. The monoisotopic (exact) mass is 335 g/mol. The van der Waals surface area contributed by atoms with Gasteiger partial charge < -0.3 is 19.5 Å². The Morgan fingerprint density at radius 3 is 2.61 bits per heavy atom. The van der Waals surface area contributed by atoms with Crippen LogP contribution in [0.5, 0.6) is 5.75 Å². The summed E-state index contributed by atoms with van der Waals surface area (Å²) in [4.78, 5) is 11.4. The third-order valence-electron chi connectivity index (χ3n) is 2.79. The van der Waals surface area contributed by atoms with E-state index in [0.717, 1.165) is 5.69 Å². The van der Waals surface area contributed by atoms with Crippen molar-refractivity contribution in [1.82, 2.24) is 0 Å². The van der Waals surface area contributed by atoms with Crippen molar-refractivity contribution in [2.24, 2.45) is 0 Å². The van der Waals surface area contributed by atoms with Crippen LogP contribution < -0.4 is 10.1 Å². The van der Waals surface area contributed by atoms with Crippen molar-refractivity contribution < 1.29 is 19.0 Å². The van der Waals surface area contributed by atoms with E-state index in [9.17, 15) is 4.79 Å². The highest BCUT2D eigenvalue weighted by atomic mass is 35.5. The fraction of sp³-hybridized carbons (Fsp3) is 0.235. The number of nitrogens with one attached hydrogen (secondary N) is 1. The van der Waals surface area contributed by atoms with Crippen LogP contribution in [0.1, 0.15) is 0 Å². The van der Waals surface area contributed by atoms with Crippen molar-refractivity contribution in [3.05, 3.63) is 59.6 Å². The first-order valence-corrected chi connectivity index (χ1v) is 7.59. The molecule has 2 aromatic rings. The lowest BCUT2D eigenvalue weighted by molar-refractivity contribution is 0.0551. The number of carbonyl (C=O) groups is 1. The van der Waals surface area contributed by atoms with Crippen molar-refractivity contribution in [3.8, 4) is 5.75 Å². The van der Waals surface area contributed by atoms with Crippen LogP contribution in [0.25, 0.3) is 0 Å². The molecule has 5 nitrogen and oxygen atoms in total. The first-order valence-electron chi connectivity index (χ1n) is 7.21. The molecule has 0 aliphatic heterocycles. The molecule has 0 saturated heterocycles. The molecule has 0 fully saturated rings. The van der Waals surface area contributed by atoms with Gasteiger partial charge in [-0.25, -0.2) is 4.79 Å². The minimum absolute atomic E-state index is 0.142. The van der Waals surface area contributed by atoms with Crippen molar-refractivity contribution in [2.45, 2.75) is 0 Å². The molecule has 0 bridgehead atoms. The van der Waals surface area contributed by atoms with E-state index in [-0.39, 0.29) is 6.61 Å². The lowest BCUT2D eigenvalue weighted by Gasteiger charge is -2.08. The average Bonchev–Trinajstić information content (AvgIpc) is 2.55. The van der Waals surface area contributed by atoms with Crippen molar-refractivity contribution in [1.29, 1.82) is 0 Å². The normalized spacial score (nSPS) is 10.1. The Morgan fingerprint density at radius 2 is 1.83 bits per heavy atom. The Bertz CT molecular complexity index is 607. The van der Waals surface area contributed by atoms with Gasteiger partial charge >= 0.3 is 6.16 Å². The fourth-order valence-corrected chi connectivity index (χ4v) is 1.96. The Balaban J connectivity index is 1.50. The molecule has 2 rings (SSSR count). The molecule has 23 heavy (non-hydrogen) atoms. The smallest absolute Gasteiger partial charge is 0.432 e. The van der Waals surface area contributed by atoms with Gasteiger partial charge in [0, 0.05) is 17.3 Å². The van der Waals surface area contributed by atoms with Crippen LogP contribution in [0.3, 0.4) is 0 Å². The van der Waals surface area contributed by atoms with Gasteiger partial charge in [0.25, 0.3) is 0 Å². The van der Waals surface area contributed by atoms with Gasteiger partial charge in [0.2, 0.25) is 0 Å². The average molecular weight is 336 g/mol. The lowest BCUT2D eigenvalue weighted by Crippen LogP contribution is -2.16. The van der Waals surface area contributed by atoms with Gasteiger partial charge in [-0.15, -0.1) is 0 Å². The minimum Gasteiger partial charge on any atom is -0.432 e.